The number of para-hydroxylation sites is 3. The molecule has 0 fully saturated rings. The second-order valence-electron chi connectivity index (χ2n) is 7.03. The minimum atomic E-state index is -3.86. The Morgan fingerprint density at radius 2 is 1.45 bits per heavy atom. The maximum absolute atomic E-state index is 13.2. The van der Waals surface area contributed by atoms with Crippen molar-refractivity contribution in [1.82, 2.24) is 9.97 Å². The first-order chi connectivity index (χ1) is 15.1. The minimum absolute atomic E-state index is 0.130. The molecule has 0 aliphatic carbocycles. The van der Waals surface area contributed by atoms with Crippen molar-refractivity contribution in [1.29, 1.82) is 0 Å². The van der Waals surface area contributed by atoms with Crippen LogP contribution in [0.3, 0.4) is 0 Å². The zero-order valence-corrected chi connectivity index (χ0v) is 17.2. The van der Waals surface area contributed by atoms with Gasteiger partial charge in [-0.2, -0.15) is 0 Å². The molecule has 5 rings (SSSR count). The number of sulfonamides is 1. The molecule has 6 nitrogen and oxygen atoms in total. The van der Waals surface area contributed by atoms with Crippen molar-refractivity contribution in [3.63, 3.8) is 0 Å². The van der Waals surface area contributed by atoms with Gasteiger partial charge >= 0.3 is 0 Å². The van der Waals surface area contributed by atoms with Crippen molar-refractivity contribution >= 4 is 48.9 Å². The van der Waals surface area contributed by atoms with Crippen LogP contribution in [0.2, 0.25) is 0 Å². The number of benzene rings is 3. The molecule has 2 N–H and O–H groups in total. The van der Waals surface area contributed by atoms with Gasteiger partial charge in [0.05, 0.1) is 28.6 Å². The number of nitrogens with zero attached hydrogens (tertiary/aromatic N) is 2. The Hall–Kier alpha value is -3.97. The molecule has 0 saturated heterocycles. The van der Waals surface area contributed by atoms with Crippen molar-refractivity contribution in [2.24, 2.45) is 0 Å². The predicted molar refractivity (Wildman–Crippen MR) is 124 cm³/mol. The van der Waals surface area contributed by atoms with Gasteiger partial charge in [-0.05, 0) is 36.4 Å². The molecule has 152 valence electrons. The molecular formula is C24H18N4O2S. The zero-order chi connectivity index (χ0) is 21.3. The lowest BCUT2D eigenvalue weighted by atomic mass is 10.2. The van der Waals surface area contributed by atoms with Crippen LogP contribution in [0.15, 0.2) is 102 Å². The van der Waals surface area contributed by atoms with E-state index in [1.807, 2.05) is 54.6 Å². The van der Waals surface area contributed by atoms with Gasteiger partial charge in [0.2, 0.25) is 0 Å². The molecule has 0 atom stereocenters. The lowest BCUT2D eigenvalue weighted by Gasteiger charge is -2.13. The van der Waals surface area contributed by atoms with E-state index in [4.69, 9.17) is 0 Å². The largest absolute Gasteiger partial charge is 0.354 e. The van der Waals surface area contributed by atoms with Gasteiger partial charge in [-0.25, -0.2) is 8.42 Å². The summed E-state index contributed by atoms with van der Waals surface area (Å²) in [5, 5.41) is 4.88. The van der Waals surface area contributed by atoms with E-state index in [1.54, 1.807) is 42.7 Å². The highest BCUT2D eigenvalue weighted by Crippen LogP contribution is 2.28. The summed E-state index contributed by atoms with van der Waals surface area (Å²) in [6, 6.07) is 25.8. The summed E-state index contributed by atoms with van der Waals surface area (Å²) < 4.78 is 29.0. The number of hydrogen-bond acceptors (Lipinski definition) is 5. The van der Waals surface area contributed by atoms with E-state index in [2.05, 4.69) is 20.0 Å². The predicted octanol–water partition coefficient (Wildman–Crippen LogP) is 5.33. The fourth-order valence-corrected chi connectivity index (χ4v) is 4.74. The Balaban J connectivity index is 1.51. The fourth-order valence-electron chi connectivity index (χ4n) is 3.49. The van der Waals surface area contributed by atoms with Crippen LogP contribution < -0.4 is 10.0 Å². The number of rotatable bonds is 5. The topological polar surface area (TPSA) is 84.0 Å². The van der Waals surface area contributed by atoms with E-state index < -0.39 is 10.0 Å². The van der Waals surface area contributed by atoms with Crippen LogP contribution in [0.25, 0.3) is 21.8 Å². The lowest BCUT2D eigenvalue weighted by molar-refractivity contribution is 0.602. The molecule has 0 saturated carbocycles. The first kappa shape index (κ1) is 19.0. The molecule has 0 spiro atoms. The Bertz CT molecular complexity index is 1500. The minimum Gasteiger partial charge on any atom is -0.354 e. The van der Waals surface area contributed by atoms with E-state index in [0.717, 1.165) is 22.1 Å². The third-order valence-corrected chi connectivity index (χ3v) is 6.30. The lowest BCUT2D eigenvalue weighted by Crippen LogP contribution is -2.14. The third kappa shape index (κ3) is 3.78. The van der Waals surface area contributed by atoms with E-state index in [-0.39, 0.29) is 4.90 Å². The van der Waals surface area contributed by atoms with Gasteiger partial charge in [0.25, 0.3) is 10.0 Å². The highest BCUT2D eigenvalue weighted by atomic mass is 32.2. The Morgan fingerprint density at radius 3 is 2.32 bits per heavy atom. The normalized spacial score (nSPS) is 11.5. The van der Waals surface area contributed by atoms with Gasteiger partial charge in [0, 0.05) is 22.7 Å². The van der Waals surface area contributed by atoms with Crippen LogP contribution in [0, 0.1) is 0 Å². The molecule has 7 heteroatoms. The van der Waals surface area contributed by atoms with Crippen LogP contribution in [-0.4, -0.2) is 18.4 Å². The quantitative estimate of drug-likeness (QED) is 0.397. The highest BCUT2D eigenvalue weighted by molar-refractivity contribution is 7.93. The third-order valence-electron chi connectivity index (χ3n) is 4.90. The van der Waals surface area contributed by atoms with Crippen molar-refractivity contribution in [3.05, 3.63) is 97.3 Å². The molecule has 2 heterocycles. The molecule has 0 bridgehead atoms. The van der Waals surface area contributed by atoms with E-state index >= 15 is 0 Å². The number of hydrogen-bond donors (Lipinski definition) is 2. The Morgan fingerprint density at radius 1 is 0.677 bits per heavy atom. The molecule has 31 heavy (non-hydrogen) atoms. The van der Waals surface area contributed by atoms with Gasteiger partial charge in [0.15, 0.2) is 0 Å². The summed E-state index contributed by atoms with van der Waals surface area (Å²) in [6.07, 6.45) is 3.27. The first-order valence-electron chi connectivity index (χ1n) is 9.68. The maximum Gasteiger partial charge on any atom is 0.264 e. The van der Waals surface area contributed by atoms with Crippen LogP contribution in [0.4, 0.5) is 17.1 Å². The SMILES string of the molecule is O=S(=O)(Nc1cccc2cc(Nc3ccccc3)cnc12)c1cccc2cccnc12. The molecule has 0 aliphatic heterocycles. The van der Waals surface area contributed by atoms with E-state index in [0.29, 0.717) is 16.7 Å². The number of aromatic nitrogens is 2. The number of pyridine rings is 2. The van der Waals surface area contributed by atoms with Gasteiger partial charge < -0.3 is 5.32 Å². The van der Waals surface area contributed by atoms with Crippen LogP contribution in [0.1, 0.15) is 0 Å². The van der Waals surface area contributed by atoms with Crippen LogP contribution in [-0.2, 0) is 10.0 Å². The summed E-state index contributed by atoms with van der Waals surface area (Å²) >= 11 is 0. The van der Waals surface area contributed by atoms with Crippen molar-refractivity contribution in [3.8, 4) is 0 Å². The second-order valence-corrected chi connectivity index (χ2v) is 8.68. The Labute approximate surface area is 179 Å². The zero-order valence-electron chi connectivity index (χ0n) is 16.4. The van der Waals surface area contributed by atoms with Crippen molar-refractivity contribution in [2.75, 3.05) is 10.0 Å². The molecule has 2 aromatic heterocycles. The van der Waals surface area contributed by atoms with Crippen LogP contribution in [0.5, 0.6) is 0 Å². The summed E-state index contributed by atoms with van der Waals surface area (Å²) in [6.45, 7) is 0. The van der Waals surface area contributed by atoms with Crippen LogP contribution >= 0.6 is 0 Å². The Kier molecular flexibility index (Phi) is 4.72. The standard InChI is InChI=1S/C24H18N4O2S/c29-31(30,22-13-5-7-17-9-6-14-25-24(17)22)28-21-12-4-8-18-15-20(16-26-23(18)21)27-19-10-2-1-3-11-19/h1-16,27-28H. The summed E-state index contributed by atoms with van der Waals surface area (Å²) in [4.78, 5) is 8.90. The molecule has 0 radical (unpaired) electrons. The number of nitrogens with one attached hydrogen (secondary N) is 2. The van der Waals surface area contributed by atoms with Gasteiger partial charge in [0.1, 0.15) is 4.90 Å². The van der Waals surface area contributed by atoms with Gasteiger partial charge in [-0.15, -0.1) is 0 Å². The smallest absolute Gasteiger partial charge is 0.264 e. The van der Waals surface area contributed by atoms with Gasteiger partial charge in [-0.3, -0.25) is 14.7 Å². The number of anilines is 3. The molecule has 5 aromatic rings. The summed E-state index contributed by atoms with van der Waals surface area (Å²) in [5.41, 5.74) is 3.18. The summed E-state index contributed by atoms with van der Waals surface area (Å²) in [7, 11) is -3.86. The number of fused-ring (bicyclic) bond motifs is 2. The van der Waals surface area contributed by atoms with Gasteiger partial charge in [-0.1, -0.05) is 48.5 Å². The van der Waals surface area contributed by atoms with E-state index in [9.17, 15) is 8.42 Å². The highest BCUT2D eigenvalue weighted by Gasteiger charge is 2.19. The average Bonchev–Trinajstić information content (AvgIpc) is 2.79. The summed E-state index contributed by atoms with van der Waals surface area (Å²) in [5.74, 6) is 0. The van der Waals surface area contributed by atoms with Crippen molar-refractivity contribution < 1.29 is 8.42 Å². The molecule has 3 aromatic carbocycles. The van der Waals surface area contributed by atoms with Crippen molar-refractivity contribution in [2.45, 2.75) is 4.90 Å². The van der Waals surface area contributed by atoms with E-state index in [1.165, 1.54) is 0 Å². The monoisotopic (exact) mass is 426 g/mol. The molecule has 0 aliphatic rings. The first-order valence-corrected chi connectivity index (χ1v) is 11.2. The molecular weight excluding hydrogens is 408 g/mol. The average molecular weight is 427 g/mol. The fraction of sp³-hybridized carbons (Fsp3) is 0. The maximum atomic E-state index is 13.2. The molecule has 0 amide bonds. The second kappa shape index (κ2) is 7.70. The molecule has 0 unspecified atom stereocenters.